The Labute approximate surface area is 177 Å². The van der Waals surface area contributed by atoms with Crippen LogP contribution in [-0.4, -0.2) is 24.3 Å². The molecule has 2 rings (SSSR count). The monoisotopic (exact) mass is 411 g/mol. The number of anilines is 1. The fourth-order valence-electron chi connectivity index (χ4n) is 2.54. The number of carbonyl (C=O) groups excluding carboxylic acids is 3. The van der Waals surface area contributed by atoms with Gasteiger partial charge in [-0.1, -0.05) is 26.0 Å². The molecule has 0 unspecified atom stereocenters. The van der Waals surface area contributed by atoms with Crippen molar-refractivity contribution in [1.29, 1.82) is 0 Å². The minimum atomic E-state index is -0.448. The first-order chi connectivity index (χ1) is 14.2. The molecule has 160 valence electrons. The quantitative estimate of drug-likeness (QED) is 0.579. The molecule has 2 aromatic carbocycles. The fourth-order valence-corrected chi connectivity index (χ4v) is 2.54. The molecule has 0 bridgehead atoms. The minimum absolute atomic E-state index is 0.0109. The van der Waals surface area contributed by atoms with Crippen LogP contribution in [0.2, 0.25) is 0 Å². The first-order valence-corrected chi connectivity index (χ1v) is 9.93. The van der Waals surface area contributed by atoms with E-state index < -0.39 is 11.8 Å². The number of hydrazine groups is 1. The number of hydrogen-bond acceptors (Lipinski definition) is 4. The van der Waals surface area contributed by atoms with Crippen molar-refractivity contribution in [2.75, 3.05) is 11.9 Å². The molecular formula is C23H29N3O4. The molecule has 0 saturated carbocycles. The lowest BCUT2D eigenvalue weighted by atomic mass is 10.1. The van der Waals surface area contributed by atoms with Gasteiger partial charge in [-0.25, -0.2) is 0 Å². The van der Waals surface area contributed by atoms with Crippen molar-refractivity contribution in [2.45, 2.75) is 40.5 Å². The Kier molecular flexibility index (Phi) is 8.41. The Morgan fingerprint density at radius 2 is 1.57 bits per heavy atom. The van der Waals surface area contributed by atoms with Crippen LogP contribution in [0.1, 0.15) is 48.2 Å². The van der Waals surface area contributed by atoms with Crippen molar-refractivity contribution in [2.24, 2.45) is 5.92 Å². The van der Waals surface area contributed by atoms with Crippen molar-refractivity contribution < 1.29 is 19.1 Å². The Balaban J connectivity index is 1.74. The van der Waals surface area contributed by atoms with Crippen LogP contribution in [0.15, 0.2) is 42.5 Å². The molecule has 0 fully saturated rings. The van der Waals surface area contributed by atoms with Crippen molar-refractivity contribution in [3.63, 3.8) is 0 Å². The zero-order chi connectivity index (χ0) is 22.1. The maximum atomic E-state index is 12.1. The molecule has 3 N–H and O–H groups in total. The molecule has 0 aromatic heterocycles. The summed E-state index contributed by atoms with van der Waals surface area (Å²) in [6.07, 6.45) is -0.0318. The molecule has 2 aromatic rings. The molecular weight excluding hydrogens is 382 g/mol. The summed E-state index contributed by atoms with van der Waals surface area (Å²) >= 11 is 0. The van der Waals surface area contributed by atoms with E-state index in [0.29, 0.717) is 23.8 Å². The molecule has 0 radical (unpaired) electrons. The first-order valence-electron chi connectivity index (χ1n) is 9.93. The lowest BCUT2D eigenvalue weighted by Crippen LogP contribution is -2.41. The molecule has 0 aliphatic heterocycles. The largest absolute Gasteiger partial charge is 0.493 e. The van der Waals surface area contributed by atoms with Gasteiger partial charge in [-0.3, -0.25) is 25.2 Å². The number of carbonyl (C=O) groups is 3. The predicted molar refractivity (Wildman–Crippen MR) is 116 cm³/mol. The number of ether oxygens (including phenoxy) is 1. The molecule has 7 nitrogen and oxygen atoms in total. The Hall–Kier alpha value is -3.35. The zero-order valence-electron chi connectivity index (χ0n) is 17.9. The van der Waals surface area contributed by atoms with Crippen LogP contribution in [0.25, 0.3) is 0 Å². The lowest BCUT2D eigenvalue weighted by molar-refractivity contribution is -0.124. The number of rotatable bonds is 8. The third-order valence-electron chi connectivity index (χ3n) is 4.26. The summed E-state index contributed by atoms with van der Waals surface area (Å²) < 4.78 is 5.57. The lowest BCUT2D eigenvalue weighted by Gasteiger charge is -2.11. The van der Waals surface area contributed by atoms with E-state index in [2.05, 4.69) is 30.0 Å². The van der Waals surface area contributed by atoms with Gasteiger partial charge in [-0.05, 0) is 61.2 Å². The zero-order valence-corrected chi connectivity index (χ0v) is 17.9. The number of amides is 3. The number of nitrogens with one attached hydrogen (secondary N) is 3. The molecule has 0 aliphatic carbocycles. The fraction of sp³-hybridized carbons (Fsp3) is 0.348. The molecule has 0 aliphatic rings. The smallest absolute Gasteiger partial charge is 0.269 e. The Bertz CT molecular complexity index is 892. The normalized spacial score (nSPS) is 10.4. The van der Waals surface area contributed by atoms with Gasteiger partial charge >= 0.3 is 0 Å². The van der Waals surface area contributed by atoms with Crippen LogP contribution < -0.4 is 20.9 Å². The maximum absolute atomic E-state index is 12.1. The molecule has 0 spiro atoms. The van der Waals surface area contributed by atoms with Gasteiger partial charge in [-0.2, -0.15) is 0 Å². The maximum Gasteiger partial charge on any atom is 0.269 e. The second-order valence-corrected chi connectivity index (χ2v) is 7.60. The first kappa shape index (κ1) is 22.9. The van der Waals surface area contributed by atoms with E-state index in [1.807, 2.05) is 32.0 Å². The summed E-state index contributed by atoms with van der Waals surface area (Å²) in [6, 6.07) is 12.4. The highest BCUT2D eigenvalue weighted by atomic mass is 16.5. The highest BCUT2D eigenvalue weighted by molar-refractivity contribution is 5.96. The van der Waals surface area contributed by atoms with Crippen LogP contribution >= 0.6 is 0 Å². The van der Waals surface area contributed by atoms with Gasteiger partial charge in [-0.15, -0.1) is 0 Å². The molecule has 0 heterocycles. The van der Waals surface area contributed by atoms with Gasteiger partial charge in [0.25, 0.3) is 5.91 Å². The van der Waals surface area contributed by atoms with E-state index in [9.17, 15) is 14.4 Å². The summed E-state index contributed by atoms with van der Waals surface area (Å²) in [5, 5.41) is 2.80. The van der Waals surface area contributed by atoms with Crippen LogP contribution in [0.5, 0.6) is 5.75 Å². The van der Waals surface area contributed by atoms with Gasteiger partial charge in [0.2, 0.25) is 11.8 Å². The van der Waals surface area contributed by atoms with E-state index in [4.69, 9.17) is 4.74 Å². The minimum Gasteiger partial charge on any atom is -0.493 e. The van der Waals surface area contributed by atoms with Crippen molar-refractivity contribution in [3.8, 4) is 5.75 Å². The molecule has 7 heteroatoms. The predicted octanol–water partition coefficient (Wildman–Crippen LogP) is 3.52. The van der Waals surface area contributed by atoms with Gasteiger partial charge in [0.05, 0.1) is 6.61 Å². The molecule has 0 atom stereocenters. The van der Waals surface area contributed by atoms with Crippen molar-refractivity contribution in [1.82, 2.24) is 10.9 Å². The van der Waals surface area contributed by atoms with E-state index in [1.54, 1.807) is 24.3 Å². The number of aryl methyl sites for hydroxylation is 2. The van der Waals surface area contributed by atoms with E-state index in [1.165, 1.54) is 0 Å². The number of benzene rings is 2. The molecule has 3 amide bonds. The van der Waals surface area contributed by atoms with Crippen LogP contribution in [-0.2, 0) is 9.59 Å². The number of hydrogen-bond donors (Lipinski definition) is 3. The van der Waals surface area contributed by atoms with E-state index in [0.717, 1.165) is 16.8 Å². The van der Waals surface area contributed by atoms with Crippen LogP contribution in [0, 0.1) is 19.8 Å². The van der Waals surface area contributed by atoms with Gasteiger partial charge in [0, 0.05) is 24.1 Å². The Morgan fingerprint density at radius 1 is 0.900 bits per heavy atom. The van der Waals surface area contributed by atoms with E-state index in [-0.39, 0.29) is 18.7 Å². The van der Waals surface area contributed by atoms with E-state index >= 15 is 0 Å². The topological polar surface area (TPSA) is 96.5 Å². The van der Waals surface area contributed by atoms with Crippen LogP contribution in [0.3, 0.4) is 0 Å². The summed E-state index contributed by atoms with van der Waals surface area (Å²) in [7, 11) is 0. The van der Waals surface area contributed by atoms with Crippen molar-refractivity contribution >= 4 is 23.4 Å². The van der Waals surface area contributed by atoms with Crippen molar-refractivity contribution in [3.05, 3.63) is 59.2 Å². The van der Waals surface area contributed by atoms with Gasteiger partial charge in [0.1, 0.15) is 5.75 Å². The summed E-state index contributed by atoms with van der Waals surface area (Å²) in [6.45, 7) is 8.55. The second kappa shape index (κ2) is 11.0. The SMILES string of the molecule is Cc1ccc(C)c(NC(=O)CCC(=O)NNC(=O)c2ccc(OCC(C)C)cc2)c1. The standard InChI is InChI=1S/C23H29N3O4/c1-15(2)14-30-19-9-7-18(8-10-19)23(29)26-25-22(28)12-11-21(27)24-20-13-16(3)5-6-17(20)4/h5-10,13,15H,11-12,14H2,1-4H3,(H,24,27)(H,25,28)(H,26,29). The third kappa shape index (κ3) is 7.58. The second-order valence-electron chi connectivity index (χ2n) is 7.60. The summed E-state index contributed by atoms with van der Waals surface area (Å²) in [5.74, 6) is -0.0673. The summed E-state index contributed by atoms with van der Waals surface area (Å²) in [4.78, 5) is 36.1. The highest BCUT2D eigenvalue weighted by Gasteiger charge is 2.11. The Morgan fingerprint density at radius 3 is 2.23 bits per heavy atom. The van der Waals surface area contributed by atoms with Gasteiger partial charge in [0.15, 0.2) is 0 Å². The molecule has 30 heavy (non-hydrogen) atoms. The van der Waals surface area contributed by atoms with Crippen LogP contribution in [0.4, 0.5) is 5.69 Å². The summed E-state index contributed by atoms with van der Waals surface area (Å²) in [5.41, 5.74) is 7.78. The average Bonchev–Trinajstić information content (AvgIpc) is 2.72. The average molecular weight is 412 g/mol. The van der Waals surface area contributed by atoms with Gasteiger partial charge < -0.3 is 10.1 Å². The third-order valence-corrected chi connectivity index (χ3v) is 4.26. The highest BCUT2D eigenvalue weighted by Crippen LogP contribution is 2.16. The molecule has 0 saturated heterocycles.